The molecule has 0 unspecified atom stereocenters. The Bertz CT molecular complexity index is 1170. The van der Waals surface area contributed by atoms with Gasteiger partial charge in [0.2, 0.25) is 0 Å². The number of piperidine rings is 1. The highest BCUT2D eigenvalue weighted by atomic mass is 32.1. The molecule has 0 radical (unpaired) electrons. The molecule has 0 aromatic carbocycles. The van der Waals surface area contributed by atoms with E-state index in [1.54, 1.807) is 19.3 Å². The van der Waals surface area contributed by atoms with Crippen LogP contribution in [-0.2, 0) is 0 Å². The molecule has 3 aromatic heterocycles. The van der Waals surface area contributed by atoms with Gasteiger partial charge in [-0.05, 0) is 47.5 Å². The molecule has 0 spiro atoms. The van der Waals surface area contributed by atoms with E-state index in [0.717, 1.165) is 24.2 Å². The summed E-state index contributed by atoms with van der Waals surface area (Å²) >= 11 is 1.11. The van der Waals surface area contributed by atoms with Gasteiger partial charge in [-0.2, -0.15) is 0 Å². The minimum atomic E-state index is -0.603. The second-order valence-electron chi connectivity index (χ2n) is 9.97. The highest BCUT2D eigenvalue weighted by Crippen LogP contribution is 2.37. The smallest absolute Gasteiger partial charge is 0.268 e. The zero-order valence-electron chi connectivity index (χ0n) is 19.2. The molecule has 1 fully saturated rings. The zero-order chi connectivity index (χ0) is 23.4. The molecule has 0 bridgehead atoms. The van der Waals surface area contributed by atoms with Crippen LogP contribution < -0.4 is 15.5 Å². The Balaban J connectivity index is 1.55. The van der Waals surface area contributed by atoms with Crippen LogP contribution >= 0.6 is 11.3 Å². The van der Waals surface area contributed by atoms with E-state index in [1.165, 1.54) is 16.5 Å². The maximum atomic E-state index is 14.8. The van der Waals surface area contributed by atoms with E-state index in [2.05, 4.69) is 48.2 Å². The number of carbonyl (C=O) groups is 1. The Labute approximate surface area is 190 Å². The predicted molar refractivity (Wildman–Crippen MR) is 125 cm³/mol. The van der Waals surface area contributed by atoms with Gasteiger partial charge >= 0.3 is 0 Å². The van der Waals surface area contributed by atoms with Crippen molar-refractivity contribution in [3.63, 3.8) is 0 Å². The Hall–Kier alpha value is -2.52. The molecular formula is C23H29F2N5OS. The molecule has 4 heterocycles. The number of hydrogen-bond donors (Lipinski definition) is 2. The third-order valence-corrected chi connectivity index (χ3v) is 7.03. The van der Waals surface area contributed by atoms with Gasteiger partial charge in [-0.15, -0.1) is 11.3 Å². The van der Waals surface area contributed by atoms with Crippen molar-refractivity contribution in [2.75, 3.05) is 17.3 Å². The van der Waals surface area contributed by atoms with Crippen molar-refractivity contribution >= 4 is 33.6 Å². The van der Waals surface area contributed by atoms with Crippen molar-refractivity contribution in [3.8, 4) is 0 Å². The SMILES string of the molecule is Cc1cn2cc(NC(=O)c3sc(N(C)C4CC(C)(C)NC(C)(C)C4)cc3F)cc(F)c2n1. The van der Waals surface area contributed by atoms with E-state index in [9.17, 15) is 13.6 Å². The number of halogens is 2. The monoisotopic (exact) mass is 461 g/mol. The Morgan fingerprint density at radius 1 is 1.19 bits per heavy atom. The van der Waals surface area contributed by atoms with E-state index in [1.807, 2.05) is 7.05 Å². The van der Waals surface area contributed by atoms with Crippen molar-refractivity contribution in [3.05, 3.63) is 46.7 Å². The van der Waals surface area contributed by atoms with Crippen molar-refractivity contribution in [1.29, 1.82) is 0 Å². The van der Waals surface area contributed by atoms with Crippen LogP contribution in [-0.4, -0.2) is 39.5 Å². The van der Waals surface area contributed by atoms with E-state index < -0.39 is 17.5 Å². The number of nitrogens with one attached hydrogen (secondary N) is 2. The number of fused-ring (bicyclic) bond motifs is 1. The molecule has 3 aromatic rings. The number of anilines is 2. The lowest BCUT2D eigenvalue weighted by Gasteiger charge is -2.49. The molecule has 1 aliphatic rings. The Morgan fingerprint density at radius 3 is 2.50 bits per heavy atom. The van der Waals surface area contributed by atoms with Crippen LogP contribution in [0.5, 0.6) is 0 Å². The molecule has 0 saturated carbocycles. The van der Waals surface area contributed by atoms with Crippen LogP contribution in [0.3, 0.4) is 0 Å². The Morgan fingerprint density at radius 2 is 1.84 bits per heavy atom. The average Bonchev–Trinajstić information content (AvgIpc) is 3.21. The number of aryl methyl sites for hydroxylation is 1. The number of nitrogens with zero attached hydrogens (tertiary/aromatic N) is 3. The van der Waals surface area contributed by atoms with Crippen LogP contribution in [0.4, 0.5) is 19.5 Å². The maximum absolute atomic E-state index is 14.8. The maximum Gasteiger partial charge on any atom is 0.268 e. The molecule has 4 rings (SSSR count). The second-order valence-corrected chi connectivity index (χ2v) is 11.0. The number of rotatable bonds is 4. The fraction of sp³-hybridized carbons (Fsp3) is 0.478. The van der Waals surface area contributed by atoms with Gasteiger partial charge in [-0.1, -0.05) is 0 Å². The summed E-state index contributed by atoms with van der Waals surface area (Å²) in [4.78, 5) is 18.9. The van der Waals surface area contributed by atoms with Crippen LogP contribution in [0, 0.1) is 18.6 Å². The topological polar surface area (TPSA) is 61.7 Å². The summed E-state index contributed by atoms with van der Waals surface area (Å²) in [6.45, 7) is 10.4. The fourth-order valence-electron chi connectivity index (χ4n) is 4.84. The molecule has 9 heteroatoms. The standard InChI is InChI=1S/C23H29F2N5OS/c1-13-11-30-12-14(7-17(25)20(30)26-13)27-21(31)19-16(24)8-18(32-19)29(6)15-9-22(2,3)28-23(4,5)10-15/h7-8,11-12,15,28H,9-10H2,1-6H3,(H,27,31). The molecule has 1 saturated heterocycles. The lowest BCUT2D eigenvalue weighted by Crippen LogP contribution is -2.61. The summed E-state index contributed by atoms with van der Waals surface area (Å²) in [5.74, 6) is -1.74. The first-order valence-corrected chi connectivity index (χ1v) is 11.4. The van der Waals surface area contributed by atoms with Gasteiger partial charge in [0.05, 0.1) is 16.4 Å². The zero-order valence-corrected chi connectivity index (χ0v) is 20.0. The number of amides is 1. The minimum absolute atomic E-state index is 0.0263. The summed E-state index contributed by atoms with van der Waals surface area (Å²) in [5, 5.41) is 6.96. The summed E-state index contributed by atoms with van der Waals surface area (Å²) in [5.41, 5.74) is 0.978. The van der Waals surface area contributed by atoms with Crippen LogP contribution in [0.1, 0.15) is 55.9 Å². The van der Waals surface area contributed by atoms with Gasteiger partial charge in [-0.3, -0.25) is 4.79 Å². The number of aromatic nitrogens is 2. The highest BCUT2D eigenvalue weighted by molar-refractivity contribution is 7.18. The van der Waals surface area contributed by atoms with E-state index in [4.69, 9.17) is 0 Å². The number of carbonyl (C=O) groups excluding carboxylic acids is 1. The summed E-state index contributed by atoms with van der Waals surface area (Å²) in [6, 6.07) is 2.80. The lowest BCUT2D eigenvalue weighted by molar-refractivity contribution is 0.102. The third kappa shape index (κ3) is 4.49. The van der Waals surface area contributed by atoms with Gasteiger partial charge in [0.25, 0.3) is 5.91 Å². The van der Waals surface area contributed by atoms with Crippen molar-refractivity contribution < 1.29 is 13.6 Å². The van der Waals surface area contributed by atoms with Crippen LogP contribution in [0.15, 0.2) is 24.5 Å². The van der Waals surface area contributed by atoms with E-state index in [-0.39, 0.29) is 33.3 Å². The first-order chi connectivity index (χ1) is 14.8. The summed E-state index contributed by atoms with van der Waals surface area (Å²) < 4.78 is 30.6. The van der Waals surface area contributed by atoms with Gasteiger partial charge in [0.15, 0.2) is 11.5 Å². The quantitative estimate of drug-likeness (QED) is 0.575. The van der Waals surface area contributed by atoms with Crippen LogP contribution in [0.25, 0.3) is 5.65 Å². The molecule has 172 valence electrons. The van der Waals surface area contributed by atoms with Crippen LogP contribution in [0.2, 0.25) is 0 Å². The van der Waals surface area contributed by atoms with E-state index in [0.29, 0.717) is 10.7 Å². The number of imidazole rings is 1. The molecule has 1 amide bonds. The van der Waals surface area contributed by atoms with Gasteiger partial charge in [0, 0.05) is 48.7 Å². The molecule has 32 heavy (non-hydrogen) atoms. The number of pyridine rings is 1. The number of thiophene rings is 1. The van der Waals surface area contributed by atoms with Crippen molar-refractivity contribution in [2.24, 2.45) is 0 Å². The highest BCUT2D eigenvalue weighted by Gasteiger charge is 2.39. The molecule has 6 nitrogen and oxygen atoms in total. The van der Waals surface area contributed by atoms with Crippen molar-refractivity contribution in [1.82, 2.24) is 14.7 Å². The predicted octanol–water partition coefficient (Wildman–Crippen LogP) is 4.98. The first-order valence-electron chi connectivity index (χ1n) is 10.6. The van der Waals surface area contributed by atoms with Gasteiger partial charge in [-0.25, -0.2) is 13.8 Å². The molecule has 1 aliphatic heterocycles. The van der Waals surface area contributed by atoms with Gasteiger partial charge in [0.1, 0.15) is 10.7 Å². The third-order valence-electron chi connectivity index (χ3n) is 5.83. The summed E-state index contributed by atoms with van der Waals surface area (Å²) in [7, 11) is 1.94. The minimum Gasteiger partial charge on any atom is -0.363 e. The fourth-order valence-corrected chi connectivity index (χ4v) is 5.81. The number of hydrogen-bond acceptors (Lipinski definition) is 5. The molecule has 0 atom stereocenters. The molecule has 0 aliphatic carbocycles. The first kappa shape index (κ1) is 22.7. The lowest BCUT2D eigenvalue weighted by atomic mass is 9.79. The summed E-state index contributed by atoms with van der Waals surface area (Å²) in [6.07, 6.45) is 5.03. The van der Waals surface area contributed by atoms with E-state index >= 15 is 0 Å². The normalized spacial score (nSPS) is 18.1. The second kappa shape index (κ2) is 7.81. The average molecular weight is 462 g/mol. The van der Waals surface area contributed by atoms with Gasteiger partial charge < -0.3 is 19.9 Å². The Kier molecular flexibility index (Phi) is 5.53. The largest absolute Gasteiger partial charge is 0.363 e. The molecule has 2 N–H and O–H groups in total. The van der Waals surface area contributed by atoms with Crippen molar-refractivity contribution in [2.45, 2.75) is 64.6 Å². The molecular weight excluding hydrogens is 432 g/mol.